The maximum absolute atomic E-state index is 10.8. The second kappa shape index (κ2) is 5.01. The molecule has 1 aromatic rings. The molecular formula is C9H10O5S. The van der Waals surface area contributed by atoms with Gasteiger partial charge >= 0.3 is 5.97 Å². The lowest BCUT2D eigenvalue weighted by Gasteiger charge is -2.09. The van der Waals surface area contributed by atoms with Gasteiger partial charge in [0.1, 0.15) is 11.2 Å². The van der Waals surface area contributed by atoms with Crippen LogP contribution < -0.4 is 0 Å². The van der Waals surface area contributed by atoms with Crippen molar-refractivity contribution >= 4 is 17.7 Å². The molecule has 0 bridgehead atoms. The number of benzene rings is 1. The lowest BCUT2D eigenvalue weighted by Crippen LogP contribution is -2.08. The molecule has 0 saturated carbocycles. The van der Waals surface area contributed by atoms with Crippen molar-refractivity contribution in [3.05, 3.63) is 23.8 Å². The van der Waals surface area contributed by atoms with Crippen LogP contribution in [0.3, 0.4) is 0 Å². The molecule has 0 heterocycles. The highest BCUT2D eigenvalue weighted by Crippen LogP contribution is 2.28. The third-order valence-electron chi connectivity index (χ3n) is 1.61. The largest absolute Gasteiger partial charge is 0.508 e. The molecule has 0 spiro atoms. The SMILES string of the molecule is O=C(O)c1cc(O)ccc1SC(O)CO. The van der Waals surface area contributed by atoms with Crippen molar-refractivity contribution < 1.29 is 25.2 Å². The maximum atomic E-state index is 10.8. The normalized spacial score (nSPS) is 12.4. The molecule has 82 valence electrons. The minimum Gasteiger partial charge on any atom is -0.508 e. The van der Waals surface area contributed by atoms with E-state index in [-0.39, 0.29) is 11.3 Å². The smallest absolute Gasteiger partial charge is 0.336 e. The van der Waals surface area contributed by atoms with E-state index in [0.717, 1.165) is 17.8 Å². The fourth-order valence-corrected chi connectivity index (χ4v) is 1.76. The first-order valence-electron chi connectivity index (χ1n) is 4.06. The molecule has 1 unspecified atom stereocenters. The van der Waals surface area contributed by atoms with Crippen LogP contribution in [0.15, 0.2) is 23.1 Å². The number of carboxylic acids is 1. The zero-order valence-corrected chi connectivity index (χ0v) is 8.44. The Morgan fingerprint density at radius 3 is 2.67 bits per heavy atom. The van der Waals surface area contributed by atoms with Gasteiger partial charge in [-0.3, -0.25) is 0 Å². The average molecular weight is 230 g/mol. The third kappa shape index (κ3) is 3.12. The fourth-order valence-electron chi connectivity index (χ4n) is 0.972. The quantitative estimate of drug-likeness (QED) is 0.444. The van der Waals surface area contributed by atoms with Gasteiger partial charge in [-0.2, -0.15) is 0 Å². The Morgan fingerprint density at radius 1 is 1.47 bits per heavy atom. The molecule has 4 N–H and O–H groups in total. The van der Waals surface area contributed by atoms with Crippen molar-refractivity contribution in [2.75, 3.05) is 6.61 Å². The van der Waals surface area contributed by atoms with Crippen LogP contribution in [-0.4, -0.2) is 38.4 Å². The van der Waals surface area contributed by atoms with Gasteiger partial charge in [-0.05, 0) is 18.2 Å². The van der Waals surface area contributed by atoms with E-state index in [0.29, 0.717) is 4.90 Å². The highest BCUT2D eigenvalue weighted by atomic mass is 32.2. The van der Waals surface area contributed by atoms with E-state index in [9.17, 15) is 4.79 Å². The minimum atomic E-state index is -1.20. The summed E-state index contributed by atoms with van der Waals surface area (Å²) < 4.78 is 0. The van der Waals surface area contributed by atoms with Gasteiger partial charge in [0.25, 0.3) is 0 Å². The van der Waals surface area contributed by atoms with E-state index in [1.54, 1.807) is 0 Å². The Bertz CT molecular complexity index is 366. The topological polar surface area (TPSA) is 98.0 Å². The number of carbonyl (C=O) groups is 1. The molecule has 0 saturated heterocycles. The van der Waals surface area contributed by atoms with Gasteiger partial charge < -0.3 is 20.4 Å². The van der Waals surface area contributed by atoms with Crippen LogP contribution >= 0.6 is 11.8 Å². The van der Waals surface area contributed by atoms with E-state index < -0.39 is 18.0 Å². The van der Waals surface area contributed by atoms with E-state index in [1.807, 2.05) is 0 Å². The molecule has 1 atom stereocenters. The van der Waals surface area contributed by atoms with Gasteiger partial charge in [0.15, 0.2) is 0 Å². The predicted molar refractivity (Wildman–Crippen MR) is 54.0 cm³/mol. The monoisotopic (exact) mass is 230 g/mol. The van der Waals surface area contributed by atoms with Crippen LogP contribution in [0.1, 0.15) is 10.4 Å². The molecule has 5 nitrogen and oxygen atoms in total. The summed E-state index contributed by atoms with van der Waals surface area (Å²) in [6.45, 7) is -0.468. The van der Waals surface area contributed by atoms with Crippen LogP contribution in [0.2, 0.25) is 0 Å². The van der Waals surface area contributed by atoms with Crippen LogP contribution in [0, 0.1) is 0 Å². The summed E-state index contributed by atoms with van der Waals surface area (Å²) >= 11 is 0.821. The lowest BCUT2D eigenvalue weighted by atomic mass is 10.2. The molecule has 0 aliphatic carbocycles. The van der Waals surface area contributed by atoms with Crippen molar-refractivity contribution in [1.82, 2.24) is 0 Å². The minimum absolute atomic E-state index is 0.104. The Kier molecular flexibility index (Phi) is 3.96. The standard InChI is InChI=1S/C9H10O5S/c10-4-8(12)15-7-2-1-5(11)3-6(7)9(13)14/h1-3,8,10-12H,4H2,(H,13,14). The number of phenols is 1. The molecule has 1 aromatic carbocycles. The zero-order chi connectivity index (χ0) is 11.4. The van der Waals surface area contributed by atoms with Gasteiger partial charge in [0.2, 0.25) is 0 Å². The van der Waals surface area contributed by atoms with Gasteiger partial charge in [-0.1, -0.05) is 11.8 Å². The summed E-state index contributed by atoms with van der Waals surface area (Å²) in [6.07, 6.45) is 0. The first-order chi connectivity index (χ1) is 7.04. The van der Waals surface area contributed by atoms with Gasteiger partial charge in [0.05, 0.1) is 12.2 Å². The molecule has 0 radical (unpaired) electrons. The molecule has 15 heavy (non-hydrogen) atoms. The summed E-state index contributed by atoms with van der Waals surface area (Å²) in [7, 11) is 0. The first-order valence-corrected chi connectivity index (χ1v) is 4.94. The predicted octanol–water partition coefficient (Wildman–Crippen LogP) is 0.493. The number of carboxylic acid groups (broad SMARTS) is 1. The van der Waals surface area contributed by atoms with Crippen molar-refractivity contribution in [2.45, 2.75) is 10.3 Å². The number of aromatic carboxylic acids is 1. The lowest BCUT2D eigenvalue weighted by molar-refractivity contribution is 0.0692. The van der Waals surface area contributed by atoms with Crippen molar-refractivity contribution in [3.63, 3.8) is 0 Å². The molecule has 0 amide bonds. The number of hydrogen-bond donors (Lipinski definition) is 4. The van der Waals surface area contributed by atoms with Gasteiger partial charge in [0, 0.05) is 4.90 Å². The second-order valence-corrected chi connectivity index (χ2v) is 3.96. The van der Waals surface area contributed by atoms with E-state index in [1.165, 1.54) is 12.1 Å². The molecule has 1 rings (SSSR count). The Labute approximate surface area is 90.0 Å². The number of hydrogen-bond acceptors (Lipinski definition) is 5. The highest BCUT2D eigenvalue weighted by molar-refractivity contribution is 7.99. The molecule has 6 heteroatoms. The zero-order valence-electron chi connectivity index (χ0n) is 7.62. The molecule has 0 aromatic heterocycles. The Morgan fingerprint density at radius 2 is 2.13 bits per heavy atom. The number of aliphatic hydroxyl groups is 2. The number of aliphatic hydroxyl groups excluding tert-OH is 2. The van der Waals surface area contributed by atoms with Crippen LogP contribution in [0.4, 0.5) is 0 Å². The number of rotatable bonds is 4. The highest BCUT2D eigenvalue weighted by Gasteiger charge is 2.14. The van der Waals surface area contributed by atoms with E-state index in [4.69, 9.17) is 20.4 Å². The second-order valence-electron chi connectivity index (χ2n) is 2.74. The van der Waals surface area contributed by atoms with Gasteiger partial charge in [-0.15, -0.1) is 0 Å². The van der Waals surface area contributed by atoms with Crippen molar-refractivity contribution in [3.8, 4) is 5.75 Å². The summed E-state index contributed by atoms with van der Waals surface area (Å²) in [4.78, 5) is 11.1. The number of thioether (sulfide) groups is 1. The van der Waals surface area contributed by atoms with E-state index in [2.05, 4.69) is 0 Å². The van der Waals surface area contributed by atoms with Crippen molar-refractivity contribution in [2.24, 2.45) is 0 Å². The Balaban J connectivity index is 3.01. The molecular weight excluding hydrogens is 220 g/mol. The average Bonchev–Trinajstić information content (AvgIpc) is 2.20. The van der Waals surface area contributed by atoms with Crippen LogP contribution in [0.25, 0.3) is 0 Å². The fraction of sp³-hybridized carbons (Fsp3) is 0.222. The molecule has 0 aliphatic rings. The van der Waals surface area contributed by atoms with Crippen LogP contribution in [-0.2, 0) is 0 Å². The number of aromatic hydroxyl groups is 1. The number of phenolic OH excluding ortho intramolecular Hbond substituents is 1. The van der Waals surface area contributed by atoms with Crippen molar-refractivity contribution in [1.29, 1.82) is 0 Å². The summed E-state index contributed by atoms with van der Waals surface area (Å²) in [5, 5.41) is 35.7. The van der Waals surface area contributed by atoms with Gasteiger partial charge in [-0.25, -0.2) is 4.79 Å². The van der Waals surface area contributed by atoms with Crippen LogP contribution in [0.5, 0.6) is 5.75 Å². The summed E-state index contributed by atoms with van der Waals surface area (Å²) in [6, 6.07) is 3.79. The van der Waals surface area contributed by atoms with E-state index >= 15 is 0 Å². The molecule has 0 fully saturated rings. The third-order valence-corrected chi connectivity index (χ3v) is 2.64. The first kappa shape index (κ1) is 11.8. The summed E-state index contributed by atoms with van der Waals surface area (Å²) in [5.41, 5.74) is -1.18. The Hall–Kier alpha value is -1.24. The maximum Gasteiger partial charge on any atom is 0.336 e. The molecule has 0 aliphatic heterocycles. The summed E-state index contributed by atoms with van der Waals surface area (Å²) in [5.74, 6) is -1.35.